The zero-order valence-corrected chi connectivity index (χ0v) is 18.3. The topological polar surface area (TPSA) is 48.1 Å². The normalized spacial score (nSPS) is 14.2. The molecule has 1 aromatic heterocycles. The maximum absolute atomic E-state index is 5.50. The van der Waals surface area contributed by atoms with Crippen molar-refractivity contribution in [3.05, 3.63) is 62.7 Å². The summed E-state index contributed by atoms with van der Waals surface area (Å²) in [5.41, 5.74) is 3.93. The Kier molecular flexibility index (Phi) is 5.37. The Hall–Kier alpha value is -2.38. The third-order valence-electron chi connectivity index (χ3n) is 4.24. The Morgan fingerprint density at radius 3 is 2.71 bits per heavy atom. The van der Waals surface area contributed by atoms with Crippen molar-refractivity contribution in [1.29, 1.82) is 0 Å². The van der Waals surface area contributed by atoms with Gasteiger partial charge in [0.25, 0.3) is 0 Å². The number of hydrogen-bond donors (Lipinski definition) is 0. The van der Waals surface area contributed by atoms with Gasteiger partial charge in [-0.15, -0.1) is 11.3 Å². The second kappa shape index (κ2) is 7.93. The van der Waals surface area contributed by atoms with Crippen LogP contribution in [0, 0.1) is 0 Å². The van der Waals surface area contributed by atoms with Crippen LogP contribution in [0.15, 0.2) is 62.4 Å². The van der Waals surface area contributed by atoms with Gasteiger partial charge in [-0.25, -0.2) is 4.68 Å². The Morgan fingerprint density at radius 1 is 1.14 bits per heavy atom. The van der Waals surface area contributed by atoms with Crippen molar-refractivity contribution in [1.82, 2.24) is 4.68 Å². The molecular weight excluding hydrogens is 438 g/mol. The van der Waals surface area contributed by atoms with E-state index in [0.29, 0.717) is 0 Å². The van der Waals surface area contributed by atoms with E-state index < -0.39 is 0 Å². The van der Waals surface area contributed by atoms with E-state index in [9.17, 15) is 0 Å². The Balaban J connectivity index is 1.85. The maximum Gasteiger partial charge on any atom is 0.231 e. The number of halogens is 1. The molecule has 0 fully saturated rings. The lowest BCUT2D eigenvalue weighted by molar-refractivity contribution is 0.174. The van der Waals surface area contributed by atoms with Crippen LogP contribution >= 0.6 is 27.3 Å². The predicted octanol–water partition coefficient (Wildman–Crippen LogP) is 5.29. The van der Waals surface area contributed by atoms with Crippen LogP contribution in [-0.4, -0.2) is 23.2 Å². The average Bonchev–Trinajstić information content (AvgIpc) is 3.28. The molecular formula is C21H20BrN3O2S. The predicted molar refractivity (Wildman–Crippen MR) is 116 cm³/mol. The molecule has 28 heavy (non-hydrogen) atoms. The van der Waals surface area contributed by atoms with Crippen LogP contribution < -0.4 is 14.3 Å². The summed E-state index contributed by atoms with van der Waals surface area (Å²) in [5, 5.41) is 7.01. The molecule has 144 valence electrons. The first kappa shape index (κ1) is 19.0. The smallest absolute Gasteiger partial charge is 0.231 e. The highest BCUT2D eigenvalue weighted by Crippen LogP contribution is 2.33. The van der Waals surface area contributed by atoms with E-state index in [0.717, 1.165) is 43.3 Å². The molecule has 0 amide bonds. The van der Waals surface area contributed by atoms with Gasteiger partial charge in [-0.3, -0.25) is 4.99 Å². The second-order valence-electron chi connectivity index (χ2n) is 6.67. The summed E-state index contributed by atoms with van der Waals surface area (Å²) in [4.78, 5) is 5.62. The summed E-state index contributed by atoms with van der Waals surface area (Å²) in [7, 11) is 0. The van der Waals surface area contributed by atoms with Crippen molar-refractivity contribution in [3.63, 3.8) is 0 Å². The molecule has 0 saturated carbocycles. The average molecular weight is 458 g/mol. The summed E-state index contributed by atoms with van der Waals surface area (Å²) >= 11 is 5.24. The van der Waals surface area contributed by atoms with Crippen LogP contribution in [0.25, 0.3) is 11.3 Å². The van der Waals surface area contributed by atoms with Crippen molar-refractivity contribution < 1.29 is 9.47 Å². The number of fused-ring (bicyclic) bond motifs is 1. The number of ether oxygens (including phenoxy) is 2. The molecule has 0 bridgehead atoms. The highest BCUT2D eigenvalue weighted by atomic mass is 79.9. The van der Waals surface area contributed by atoms with Crippen molar-refractivity contribution in [3.8, 4) is 22.8 Å². The van der Waals surface area contributed by atoms with E-state index >= 15 is 0 Å². The number of aromatic nitrogens is 1. The Bertz CT molecular complexity index is 1110. The Labute approximate surface area is 176 Å². The largest absolute Gasteiger partial charge is 0.454 e. The molecule has 5 nitrogen and oxygen atoms in total. The third kappa shape index (κ3) is 3.77. The van der Waals surface area contributed by atoms with Crippen molar-refractivity contribution in [2.75, 3.05) is 6.79 Å². The van der Waals surface area contributed by atoms with Crippen LogP contribution in [0.1, 0.15) is 26.3 Å². The molecule has 1 aliphatic heterocycles. The molecule has 0 unspecified atom stereocenters. The van der Waals surface area contributed by atoms with E-state index in [1.807, 2.05) is 48.0 Å². The molecule has 0 spiro atoms. The lowest BCUT2D eigenvalue weighted by atomic mass is 10.1. The monoisotopic (exact) mass is 457 g/mol. The Morgan fingerprint density at radius 2 is 1.93 bits per heavy atom. The number of hydrogen-bond acceptors (Lipinski definition) is 5. The van der Waals surface area contributed by atoms with Gasteiger partial charge in [0.1, 0.15) is 0 Å². The van der Waals surface area contributed by atoms with Crippen molar-refractivity contribution >= 4 is 33.0 Å². The first-order chi connectivity index (χ1) is 13.5. The first-order valence-corrected chi connectivity index (χ1v) is 10.6. The molecule has 1 aliphatic rings. The van der Waals surface area contributed by atoms with Gasteiger partial charge in [-0.1, -0.05) is 34.1 Å². The van der Waals surface area contributed by atoms with Crippen LogP contribution in [-0.2, 0) is 0 Å². The van der Waals surface area contributed by atoms with Gasteiger partial charge in [0.15, 0.2) is 11.5 Å². The minimum absolute atomic E-state index is 0.179. The first-order valence-electron chi connectivity index (χ1n) is 8.98. The zero-order valence-electron chi connectivity index (χ0n) is 15.8. The van der Waals surface area contributed by atoms with Crippen LogP contribution in [0.3, 0.4) is 0 Å². The summed E-state index contributed by atoms with van der Waals surface area (Å²) in [5.74, 6) is 1.52. The highest BCUT2D eigenvalue weighted by molar-refractivity contribution is 9.10. The summed E-state index contributed by atoms with van der Waals surface area (Å²) < 4.78 is 13.9. The fourth-order valence-corrected chi connectivity index (χ4v) is 4.33. The second-order valence-corrected chi connectivity index (χ2v) is 8.36. The van der Waals surface area contributed by atoms with Crippen molar-refractivity contribution in [2.24, 2.45) is 10.1 Å². The van der Waals surface area contributed by atoms with Crippen LogP contribution in [0.5, 0.6) is 11.5 Å². The molecule has 4 rings (SSSR count). The van der Waals surface area contributed by atoms with Gasteiger partial charge in [-0.05, 0) is 45.0 Å². The number of benzene rings is 2. The zero-order chi connectivity index (χ0) is 19.7. The van der Waals surface area contributed by atoms with E-state index in [2.05, 4.69) is 41.2 Å². The maximum atomic E-state index is 5.50. The lowest BCUT2D eigenvalue weighted by Crippen LogP contribution is -2.16. The molecule has 0 atom stereocenters. The minimum atomic E-state index is 0.179. The quantitative estimate of drug-likeness (QED) is 0.499. The fraction of sp³-hybridized carbons (Fsp3) is 0.238. The lowest BCUT2D eigenvalue weighted by Gasteiger charge is -2.08. The van der Waals surface area contributed by atoms with E-state index in [1.54, 1.807) is 11.3 Å². The summed E-state index contributed by atoms with van der Waals surface area (Å²) in [6.07, 6.45) is 0. The molecule has 0 aliphatic carbocycles. The van der Waals surface area contributed by atoms with Crippen molar-refractivity contribution in [2.45, 2.75) is 26.8 Å². The van der Waals surface area contributed by atoms with Gasteiger partial charge in [0.2, 0.25) is 11.6 Å². The molecule has 2 aromatic carbocycles. The standard InChI is InChI=1S/C21H20BrN3O2S/c1-13(2)23-21-25(18(11-28-21)16-6-4-5-7-17(16)22)24-14(3)15-8-9-19-20(10-15)27-12-26-19/h4-11,13H,12H2,1-3H3. The molecule has 3 aromatic rings. The fourth-order valence-electron chi connectivity index (χ4n) is 2.89. The molecule has 7 heteroatoms. The number of thiazole rings is 1. The number of rotatable bonds is 4. The minimum Gasteiger partial charge on any atom is -0.454 e. The highest BCUT2D eigenvalue weighted by Gasteiger charge is 2.15. The van der Waals surface area contributed by atoms with Gasteiger partial charge in [0.05, 0.1) is 11.4 Å². The van der Waals surface area contributed by atoms with Gasteiger partial charge >= 0.3 is 0 Å². The van der Waals surface area contributed by atoms with E-state index in [-0.39, 0.29) is 12.8 Å². The van der Waals surface area contributed by atoms with Crippen LogP contribution in [0.2, 0.25) is 0 Å². The summed E-state index contributed by atoms with van der Waals surface area (Å²) in [6, 6.07) is 14.2. The third-order valence-corrected chi connectivity index (χ3v) is 5.77. The van der Waals surface area contributed by atoms with Gasteiger partial charge < -0.3 is 9.47 Å². The van der Waals surface area contributed by atoms with E-state index in [1.165, 1.54) is 0 Å². The SMILES string of the molecule is CC(=Nn1c(-c2ccccc2Br)csc1=NC(C)C)c1ccc2c(c1)OCO2. The number of nitrogens with zero attached hydrogens (tertiary/aromatic N) is 3. The molecule has 0 saturated heterocycles. The molecule has 2 heterocycles. The molecule has 0 radical (unpaired) electrons. The summed E-state index contributed by atoms with van der Waals surface area (Å²) in [6.45, 7) is 6.39. The van der Waals surface area contributed by atoms with E-state index in [4.69, 9.17) is 19.6 Å². The van der Waals surface area contributed by atoms with Gasteiger partial charge in [-0.2, -0.15) is 5.10 Å². The molecule has 0 N–H and O–H groups in total. The van der Waals surface area contributed by atoms with Gasteiger partial charge in [0, 0.05) is 27.0 Å². The van der Waals surface area contributed by atoms with Crippen LogP contribution in [0.4, 0.5) is 0 Å².